The first-order valence-corrected chi connectivity index (χ1v) is 9.52. The maximum Gasteiger partial charge on any atom is 0.253 e. The standard InChI is InChI=1S/C21H21N3O2S/c1-24(2)21(26)17-10-6-9-16(13-17)19(25)22-12-11-18-14-27-20(23-18)15-7-4-3-5-8-15/h3-10,13-14H,11-12H2,1-2H3,(H,22,25). The van der Waals surface area contributed by atoms with Crippen LogP contribution < -0.4 is 5.32 Å². The van der Waals surface area contributed by atoms with Crippen LogP contribution >= 0.6 is 11.3 Å². The maximum atomic E-state index is 12.4. The molecule has 2 aromatic carbocycles. The quantitative estimate of drug-likeness (QED) is 0.713. The van der Waals surface area contributed by atoms with Crippen molar-refractivity contribution in [3.8, 4) is 10.6 Å². The van der Waals surface area contributed by atoms with Crippen LogP contribution in [0, 0.1) is 0 Å². The number of aromatic nitrogens is 1. The number of nitrogens with zero attached hydrogens (tertiary/aromatic N) is 2. The largest absolute Gasteiger partial charge is 0.352 e. The van der Waals surface area contributed by atoms with Gasteiger partial charge in [0.25, 0.3) is 11.8 Å². The molecule has 0 aliphatic heterocycles. The Morgan fingerprint density at radius 3 is 2.52 bits per heavy atom. The summed E-state index contributed by atoms with van der Waals surface area (Å²) in [6.07, 6.45) is 0.658. The van der Waals surface area contributed by atoms with Crippen molar-refractivity contribution in [1.29, 1.82) is 0 Å². The van der Waals surface area contributed by atoms with Gasteiger partial charge in [-0.3, -0.25) is 9.59 Å². The Hall–Kier alpha value is -2.99. The molecule has 0 atom stereocenters. The van der Waals surface area contributed by atoms with Gasteiger partial charge in [0.15, 0.2) is 0 Å². The monoisotopic (exact) mass is 379 g/mol. The van der Waals surface area contributed by atoms with Crippen LogP contribution in [-0.2, 0) is 6.42 Å². The zero-order valence-corrected chi connectivity index (χ0v) is 16.1. The van der Waals surface area contributed by atoms with Gasteiger partial charge in [-0.15, -0.1) is 11.3 Å². The third kappa shape index (κ3) is 4.80. The van der Waals surface area contributed by atoms with Crippen LogP contribution in [0.5, 0.6) is 0 Å². The molecule has 3 rings (SSSR count). The van der Waals surface area contributed by atoms with Gasteiger partial charge in [-0.2, -0.15) is 0 Å². The summed E-state index contributed by atoms with van der Waals surface area (Å²) in [5.74, 6) is -0.317. The topological polar surface area (TPSA) is 62.3 Å². The maximum absolute atomic E-state index is 12.4. The molecular formula is C21H21N3O2S. The van der Waals surface area contributed by atoms with E-state index in [9.17, 15) is 9.59 Å². The van der Waals surface area contributed by atoms with Crippen molar-refractivity contribution in [2.45, 2.75) is 6.42 Å². The van der Waals surface area contributed by atoms with Crippen LogP contribution in [0.2, 0.25) is 0 Å². The molecule has 0 spiro atoms. The van der Waals surface area contributed by atoms with E-state index in [1.54, 1.807) is 49.7 Å². The second-order valence-electron chi connectivity index (χ2n) is 6.30. The lowest BCUT2D eigenvalue weighted by atomic mass is 10.1. The summed E-state index contributed by atoms with van der Waals surface area (Å²) in [7, 11) is 3.37. The molecule has 0 unspecified atom stereocenters. The first-order chi connectivity index (χ1) is 13.0. The normalized spacial score (nSPS) is 10.4. The molecule has 1 aromatic heterocycles. The van der Waals surface area contributed by atoms with Crippen molar-refractivity contribution in [3.05, 3.63) is 76.8 Å². The summed E-state index contributed by atoms with van der Waals surface area (Å²) in [4.78, 5) is 30.5. The average molecular weight is 379 g/mol. The van der Waals surface area contributed by atoms with E-state index in [4.69, 9.17) is 0 Å². The minimum absolute atomic E-state index is 0.124. The van der Waals surface area contributed by atoms with Crippen LogP contribution in [0.1, 0.15) is 26.4 Å². The number of hydrogen-bond donors (Lipinski definition) is 1. The van der Waals surface area contributed by atoms with Crippen molar-refractivity contribution in [2.24, 2.45) is 0 Å². The minimum atomic E-state index is -0.193. The van der Waals surface area contributed by atoms with Crippen LogP contribution in [0.4, 0.5) is 0 Å². The number of carbonyl (C=O) groups excluding carboxylic acids is 2. The Morgan fingerprint density at radius 2 is 1.78 bits per heavy atom. The molecule has 1 N–H and O–H groups in total. The molecule has 2 amide bonds. The van der Waals surface area contributed by atoms with E-state index >= 15 is 0 Å². The lowest BCUT2D eigenvalue weighted by molar-refractivity contribution is 0.0827. The van der Waals surface area contributed by atoms with Gasteiger partial charge in [0.1, 0.15) is 5.01 Å². The fourth-order valence-electron chi connectivity index (χ4n) is 2.59. The fraction of sp³-hybridized carbons (Fsp3) is 0.190. The summed E-state index contributed by atoms with van der Waals surface area (Å²) in [6, 6.07) is 16.8. The Morgan fingerprint density at radius 1 is 1.04 bits per heavy atom. The average Bonchev–Trinajstić information content (AvgIpc) is 3.17. The van der Waals surface area contributed by atoms with Crippen LogP contribution in [0.3, 0.4) is 0 Å². The molecular weight excluding hydrogens is 358 g/mol. The number of benzene rings is 2. The van der Waals surface area contributed by atoms with Crippen LogP contribution in [0.15, 0.2) is 60.0 Å². The van der Waals surface area contributed by atoms with E-state index in [0.717, 1.165) is 16.3 Å². The van der Waals surface area contributed by atoms with E-state index in [2.05, 4.69) is 10.3 Å². The van der Waals surface area contributed by atoms with Crippen molar-refractivity contribution < 1.29 is 9.59 Å². The molecule has 0 aliphatic rings. The molecule has 3 aromatic rings. The molecule has 0 radical (unpaired) electrons. The Labute approximate surface area is 162 Å². The minimum Gasteiger partial charge on any atom is -0.352 e. The summed E-state index contributed by atoms with van der Waals surface area (Å²) in [6.45, 7) is 0.489. The molecule has 27 heavy (non-hydrogen) atoms. The summed E-state index contributed by atoms with van der Waals surface area (Å²) >= 11 is 1.60. The van der Waals surface area contributed by atoms with E-state index in [1.807, 2.05) is 35.7 Å². The lowest BCUT2D eigenvalue weighted by Crippen LogP contribution is -2.26. The molecule has 0 fully saturated rings. The Kier molecular flexibility index (Phi) is 5.98. The van der Waals surface area contributed by atoms with Gasteiger partial charge in [0.05, 0.1) is 5.69 Å². The molecule has 6 heteroatoms. The van der Waals surface area contributed by atoms with Gasteiger partial charge in [-0.05, 0) is 18.2 Å². The first kappa shape index (κ1) is 18.8. The molecule has 0 bridgehead atoms. The zero-order valence-electron chi connectivity index (χ0n) is 15.3. The molecule has 0 aliphatic carbocycles. The number of amides is 2. The third-order valence-electron chi connectivity index (χ3n) is 4.02. The second-order valence-corrected chi connectivity index (χ2v) is 7.15. The number of rotatable bonds is 6. The van der Waals surface area contributed by atoms with Gasteiger partial charge in [0, 0.05) is 49.1 Å². The smallest absolute Gasteiger partial charge is 0.253 e. The third-order valence-corrected chi connectivity index (χ3v) is 4.96. The number of thiazole rings is 1. The summed E-state index contributed by atoms with van der Waals surface area (Å²) < 4.78 is 0. The molecule has 0 saturated carbocycles. The fourth-order valence-corrected chi connectivity index (χ4v) is 3.45. The van der Waals surface area contributed by atoms with Crippen LogP contribution in [0.25, 0.3) is 10.6 Å². The number of hydrogen-bond acceptors (Lipinski definition) is 4. The van der Waals surface area contributed by atoms with Crippen LogP contribution in [-0.4, -0.2) is 42.3 Å². The second kappa shape index (κ2) is 8.60. The highest BCUT2D eigenvalue weighted by Gasteiger charge is 2.12. The van der Waals surface area contributed by atoms with Gasteiger partial charge in [0.2, 0.25) is 0 Å². The highest BCUT2D eigenvalue weighted by Crippen LogP contribution is 2.23. The lowest BCUT2D eigenvalue weighted by Gasteiger charge is -2.11. The molecule has 0 saturated heterocycles. The van der Waals surface area contributed by atoms with Gasteiger partial charge >= 0.3 is 0 Å². The molecule has 1 heterocycles. The number of nitrogens with one attached hydrogen (secondary N) is 1. The van der Waals surface area contributed by atoms with E-state index in [-0.39, 0.29) is 11.8 Å². The zero-order chi connectivity index (χ0) is 19.2. The van der Waals surface area contributed by atoms with Crippen molar-refractivity contribution in [1.82, 2.24) is 15.2 Å². The van der Waals surface area contributed by atoms with Crippen molar-refractivity contribution in [2.75, 3.05) is 20.6 Å². The first-order valence-electron chi connectivity index (χ1n) is 8.64. The summed E-state index contributed by atoms with van der Waals surface area (Å²) in [5.41, 5.74) is 3.03. The van der Waals surface area contributed by atoms with Crippen molar-refractivity contribution >= 4 is 23.2 Å². The van der Waals surface area contributed by atoms with E-state index in [0.29, 0.717) is 24.1 Å². The number of carbonyl (C=O) groups is 2. The molecule has 5 nitrogen and oxygen atoms in total. The summed E-state index contributed by atoms with van der Waals surface area (Å²) in [5, 5.41) is 5.89. The van der Waals surface area contributed by atoms with Gasteiger partial charge in [-0.25, -0.2) is 4.98 Å². The Bertz CT molecular complexity index is 935. The van der Waals surface area contributed by atoms with Gasteiger partial charge in [-0.1, -0.05) is 36.4 Å². The predicted octanol–water partition coefficient (Wildman–Crippen LogP) is 3.48. The molecule has 138 valence electrons. The highest BCUT2D eigenvalue weighted by molar-refractivity contribution is 7.13. The highest BCUT2D eigenvalue weighted by atomic mass is 32.1. The SMILES string of the molecule is CN(C)C(=O)c1cccc(C(=O)NCCc2csc(-c3ccccc3)n2)c1. The Balaban J connectivity index is 1.57. The van der Waals surface area contributed by atoms with E-state index in [1.165, 1.54) is 4.90 Å². The van der Waals surface area contributed by atoms with Crippen molar-refractivity contribution in [3.63, 3.8) is 0 Å². The van der Waals surface area contributed by atoms with Gasteiger partial charge < -0.3 is 10.2 Å². The predicted molar refractivity (Wildman–Crippen MR) is 108 cm³/mol. The van der Waals surface area contributed by atoms with E-state index < -0.39 is 0 Å².